The molecule has 0 radical (unpaired) electrons. The highest BCUT2D eigenvalue weighted by atomic mass is 16.6. The van der Waals surface area contributed by atoms with Crippen molar-refractivity contribution in [3.8, 4) is 0 Å². The molecule has 0 amide bonds. The zero-order valence-corrected chi connectivity index (χ0v) is 9.54. The number of hydrogen-bond acceptors (Lipinski definition) is 6. The first-order valence-electron chi connectivity index (χ1n) is 5.46. The van der Waals surface area contributed by atoms with E-state index in [2.05, 4.69) is 15.3 Å². The second kappa shape index (κ2) is 5.37. The van der Waals surface area contributed by atoms with Gasteiger partial charge in [0, 0.05) is 30.7 Å². The summed E-state index contributed by atoms with van der Waals surface area (Å²) in [7, 11) is 0. The lowest BCUT2D eigenvalue weighted by atomic mass is 10.2. The molecule has 0 bridgehead atoms. The number of aromatic nitrogens is 2. The molecular weight excluding hydrogens is 236 g/mol. The molecule has 2 N–H and O–H groups in total. The average Bonchev–Trinajstić information content (AvgIpc) is 2.38. The highest BCUT2D eigenvalue weighted by molar-refractivity contribution is 5.90. The molecule has 0 aliphatic rings. The number of anilines is 1. The largest absolute Gasteiger partial charge is 0.396 e. The van der Waals surface area contributed by atoms with Crippen molar-refractivity contribution >= 4 is 22.4 Å². The first-order chi connectivity index (χ1) is 8.72. The van der Waals surface area contributed by atoms with Gasteiger partial charge in [-0.15, -0.1) is 0 Å². The fraction of sp³-hybridized carbons (Fsp3) is 0.273. The van der Waals surface area contributed by atoms with Crippen LogP contribution in [0.3, 0.4) is 0 Å². The van der Waals surface area contributed by atoms with Gasteiger partial charge in [0.2, 0.25) is 0 Å². The Morgan fingerprint density at radius 3 is 2.94 bits per heavy atom. The maximum atomic E-state index is 10.7. The Kier molecular flexibility index (Phi) is 3.63. The van der Waals surface area contributed by atoms with Crippen LogP contribution in [0, 0.1) is 10.1 Å². The van der Waals surface area contributed by atoms with Crippen molar-refractivity contribution in [1.82, 2.24) is 9.97 Å². The van der Waals surface area contributed by atoms with Crippen molar-refractivity contribution in [3.05, 3.63) is 34.6 Å². The van der Waals surface area contributed by atoms with Crippen molar-refractivity contribution in [2.45, 2.75) is 6.42 Å². The van der Waals surface area contributed by atoms with Gasteiger partial charge < -0.3 is 10.4 Å². The number of aliphatic hydroxyl groups excluding tert-OH is 1. The van der Waals surface area contributed by atoms with Crippen LogP contribution in [0.5, 0.6) is 0 Å². The van der Waals surface area contributed by atoms with Gasteiger partial charge in [0.15, 0.2) is 0 Å². The monoisotopic (exact) mass is 248 g/mol. The summed E-state index contributed by atoms with van der Waals surface area (Å²) in [6.07, 6.45) is 1.98. The third kappa shape index (κ3) is 2.51. The number of fused-ring (bicyclic) bond motifs is 1. The number of nitrogens with zero attached hydrogens (tertiary/aromatic N) is 3. The van der Waals surface area contributed by atoms with Crippen LogP contribution in [-0.4, -0.2) is 33.1 Å². The van der Waals surface area contributed by atoms with E-state index in [0.29, 0.717) is 29.7 Å². The fourth-order valence-electron chi connectivity index (χ4n) is 1.58. The number of rotatable bonds is 5. The van der Waals surface area contributed by atoms with Crippen molar-refractivity contribution in [3.63, 3.8) is 0 Å². The molecule has 0 saturated heterocycles. The molecule has 1 aromatic carbocycles. The molecule has 0 atom stereocenters. The number of nitro benzene ring substituents is 1. The Morgan fingerprint density at radius 2 is 2.22 bits per heavy atom. The molecule has 2 rings (SSSR count). The number of aliphatic hydroxyl groups is 1. The van der Waals surface area contributed by atoms with Gasteiger partial charge in [0.1, 0.15) is 12.1 Å². The van der Waals surface area contributed by atoms with E-state index in [1.807, 2.05) is 0 Å². The number of non-ortho nitro benzene ring substituents is 1. The van der Waals surface area contributed by atoms with E-state index < -0.39 is 4.92 Å². The number of benzene rings is 1. The molecule has 94 valence electrons. The summed E-state index contributed by atoms with van der Waals surface area (Å²) < 4.78 is 0. The highest BCUT2D eigenvalue weighted by Crippen LogP contribution is 2.24. The van der Waals surface area contributed by atoms with Crippen molar-refractivity contribution < 1.29 is 10.0 Å². The summed E-state index contributed by atoms with van der Waals surface area (Å²) in [6.45, 7) is 0.626. The van der Waals surface area contributed by atoms with E-state index in [1.165, 1.54) is 18.5 Å². The van der Waals surface area contributed by atoms with Gasteiger partial charge in [-0.25, -0.2) is 9.97 Å². The minimum absolute atomic E-state index is 0.00232. The second-order valence-electron chi connectivity index (χ2n) is 3.68. The first-order valence-corrected chi connectivity index (χ1v) is 5.46. The van der Waals surface area contributed by atoms with Crippen molar-refractivity contribution in [2.75, 3.05) is 18.5 Å². The van der Waals surface area contributed by atoms with Crippen molar-refractivity contribution in [1.29, 1.82) is 0 Å². The van der Waals surface area contributed by atoms with Gasteiger partial charge >= 0.3 is 0 Å². The predicted molar refractivity (Wildman–Crippen MR) is 66.4 cm³/mol. The average molecular weight is 248 g/mol. The van der Waals surface area contributed by atoms with Crippen LogP contribution in [0.4, 0.5) is 11.5 Å². The van der Waals surface area contributed by atoms with Crippen LogP contribution in [0.25, 0.3) is 10.9 Å². The first kappa shape index (κ1) is 12.2. The van der Waals surface area contributed by atoms with E-state index in [-0.39, 0.29) is 12.3 Å². The summed E-state index contributed by atoms with van der Waals surface area (Å²) in [5, 5.41) is 23.1. The van der Waals surface area contributed by atoms with Gasteiger partial charge in [0.25, 0.3) is 5.69 Å². The van der Waals surface area contributed by atoms with Crippen LogP contribution < -0.4 is 5.32 Å². The quantitative estimate of drug-likeness (QED) is 0.470. The lowest BCUT2D eigenvalue weighted by molar-refractivity contribution is -0.384. The highest BCUT2D eigenvalue weighted by Gasteiger charge is 2.10. The van der Waals surface area contributed by atoms with E-state index in [0.717, 1.165) is 0 Å². The van der Waals surface area contributed by atoms with E-state index in [4.69, 9.17) is 5.11 Å². The summed E-state index contributed by atoms with van der Waals surface area (Å²) in [4.78, 5) is 18.4. The molecule has 0 saturated carbocycles. The normalized spacial score (nSPS) is 10.5. The Labute approximate surface area is 103 Å². The number of nitro groups is 1. The minimum Gasteiger partial charge on any atom is -0.396 e. The summed E-state index contributed by atoms with van der Waals surface area (Å²) in [6, 6.07) is 4.44. The zero-order valence-electron chi connectivity index (χ0n) is 9.54. The molecule has 2 aromatic rings. The maximum Gasteiger partial charge on any atom is 0.270 e. The molecule has 18 heavy (non-hydrogen) atoms. The van der Waals surface area contributed by atoms with E-state index >= 15 is 0 Å². The van der Waals surface area contributed by atoms with Gasteiger partial charge in [0.05, 0.1) is 10.4 Å². The molecule has 0 fully saturated rings. The minimum atomic E-state index is -0.454. The third-order valence-corrected chi connectivity index (χ3v) is 2.46. The Morgan fingerprint density at radius 1 is 1.39 bits per heavy atom. The van der Waals surface area contributed by atoms with Crippen LogP contribution in [-0.2, 0) is 0 Å². The maximum absolute atomic E-state index is 10.7. The van der Waals surface area contributed by atoms with Crippen LogP contribution >= 0.6 is 0 Å². The lowest BCUT2D eigenvalue weighted by Crippen LogP contribution is -2.06. The van der Waals surface area contributed by atoms with Crippen LogP contribution in [0.1, 0.15) is 6.42 Å². The van der Waals surface area contributed by atoms with Crippen LogP contribution in [0.2, 0.25) is 0 Å². The van der Waals surface area contributed by atoms with Gasteiger partial charge in [-0.2, -0.15) is 0 Å². The van der Waals surface area contributed by atoms with Crippen molar-refractivity contribution in [2.24, 2.45) is 0 Å². The standard InChI is InChI=1S/C11H12N4O3/c16-5-1-4-12-11-9-6-8(15(17)18)2-3-10(9)13-7-14-11/h2-3,6-7,16H,1,4-5H2,(H,12,13,14). The Balaban J connectivity index is 2.39. The number of nitrogens with one attached hydrogen (secondary N) is 1. The Hall–Kier alpha value is -2.28. The second-order valence-corrected chi connectivity index (χ2v) is 3.68. The molecule has 1 aromatic heterocycles. The molecule has 0 aliphatic carbocycles. The van der Waals surface area contributed by atoms with Gasteiger partial charge in [-0.3, -0.25) is 10.1 Å². The third-order valence-electron chi connectivity index (χ3n) is 2.46. The van der Waals surface area contributed by atoms with Gasteiger partial charge in [-0.1, -0.05) is 0 Å². The zero-order chi connectivity index (χ0) is 13.0. The summed E-state index contributed by atoms with van der Waals surface area (Å²) in [5.74, 6) is 0.539. The molecule has 7 heteroatoms. The smallest absolute Gasteiger partial charge is 0.270 e. The Bertz CT molecular complexity index is 573. The van der Waals surface area contributed by atoms with E-state index in [1.54, 1.807) is 6.07 Å². The molecule has 0 spiro atoms. The van der Waals surface area contributed by atoms with Gasteiger partial charge in [-0.05, 0) is 12.5 Å². The topological polar surface area (TPSA) is 101 Å². The SMILES string of the molecule is O=[N+]([O-])c1ccc2ncnc(NCCCO)c2c1. The van der Waals surface area contributed by atoms with E-state index in [9.17, 15) is 10.1 Å². The molecule has 7 nitrogen and oxygen atoms in total. The molecule has 0 aliphatic heterocycles. The predicted octanol–water partition coefficient (Wildman–Crippen LogP) is 1.33. The number of hydrogen-bond donors (Lipinski definition) is 2. The lowest BCUT2D eigenvalue weighted by Gasteiger charge is -2.07. The summed E-state index contributed by atoms with van der Waals surface area (Å²) in [5.41, 5.74) is 0.643. The molecule has 0 unspecified atom stereocenters. The van der Waals surface area contributed by atoms with Crippen LogP contribution in [0.15, 0.2) is 24.5 Å². The molecule has 1 heterocycles. The fourth-order valence-corrected chi connectivity index (χ4v) is 1.58. The molecular formula is C11H12N4O3. The summed E-state index contributed by atoms with van der Waals surface area (Å²) >= 11 is 0.